The fourth-order valence-corrected chi connectivity index (χ4v) is 3.42. The molecule has 1 saturated carbocycles. The number of ether oxygens (including phenoxy) is 3. The van der Waals surface area contributed by atoms with Crippen LogP contribution in [-0.4, -0.2) is 24.4 Å². The number of aryl methyl sites for hydroxylation is 1. The van der Waals surface area contributed by atoms with E-state index in [1.807, 2.05) is 0 Å². The zero-order valence-corrected chi connectivity index (χ0v) is 17.4. The third-order valence-electron chi connectivity index (χ3n) is 4.76. The maximum absolute atomic E-state index is 12.8. The van der Waals surface area contributed by atoms with Gasteiger partial charge in [0.05, 0.1) is 6.61 Å². The van der Waals surface area contributed by atoms with E-state index in [0.717, 1.165) is 17.6 Å². The van der Waals surface area contributed by atoms with Crippen LogP contribution in [0.1, 0.15) is 42.6 Å². The topological polar surface area (TPSA) is 68.9 Å². The van der Waals surface area contributed by atoms with Crippen molar-refractivity contribution in [1.82, 2.24) is 0 Å². The first-order chi connectivity index (χ1) is 14.2. The van der Waals surface area contributed by atoms with Gasteiger partial charge in [-0.25, -0.2) is 0 Å². The Morgan fingerprint density at radius 3 is 2.63 bits per heavy atom. The predicted molar refractivity (Wildman–Crippen MR) is 103 cm³/mol. The summed E-state index contributed by atoms with van der Waals surface area (Å²) >= 11 is 6.26. The highest BCUT2D eigenvalue weighted by molar-refractivity contribution is 6.31. The van der Waals surface area contributed by atoms with Gasteiger partial charge in [-0.1, -0.05) is 17.7 Å². The quantitative estimate of drug-likeness (QED) is 0.354. The third kappa shape index (κ3) is 5.95. The van der Waals surface area contributed by atoms with E-state index in [-0.39, 0.29) is 17.9 Å². The lowest BCUT2D eigenvalue weighted by molar-refractivity contribution is -0.905. The van der Waals surface area contributed by atoms with Crippen molar-refractivity contribution in [3.63, 3.8) is 0 Å². The summed E-state index contributed by atoms with van der Waals surface area (Å²) < 4.78 is 42.1. The Labute approximate surface area is 177 Å². The molecule has 1 N–H and O–H groups in total. The second kappa shape index (κ2) is 9.47. The molecule has 1 aromatic heterocycles. The Morgan fingerprint density at radius 1 is 1.30 bits per heavy atom. The van der Waals surface area contributed by atoms with Crippen LogP contribution < -0.4 is 14.2 Å². The van der Waals surface area contributed by atoms with E-state index in [4.69, 9.17) is 21.1 Å². The van der Waals surface area contributed by atoms with Gasteiger partial charge in [0, 0.05) is 23.6 Å². The van der Waals surface area contributed by atoms with Gasteiger partial charge >= 0.3 is 12.6 Å². The van der Waals surface area contributed by atoms with Crippen LogP contribution in [0.5, 0.6) is 11.5 Å². The van der Waals surface area contributed by atoms with Crippen molar-refractivity contribution < 1.29 is 37.7 Å². The van der Waals surface area contributed by atoms with Gasteiger partial charge in [0.1, 0.15) is 11.1 Å². The summed E-state index contributed by atoms with van der Waals surface area (Å²) in [6.07, 6.45) is 4.38. The van der Waals surface area contributed by atoms with Crippen molar-refractivity contribution in [2.24, 2.45) is 5.92 Å². The van der Waals surface area contributed by atoms with E-state index >= 15 is 0 Å². The van der Waals surface area contributed by atoms with Crippen molar-refractivity contribution in [2.45, 2.75) is 45.8 Å². The van der Waals surface area contributed by atoms with Crippen molar-refractivity contribution in [3.8, 4) is 11.5 Å². The number of benzene rings is 1. The van der Waals surface area contributed by atoms with Gasteiger partial charge in [0.25, 0.3) is 0 Å². The van der Waals surface area contributed by atoms with Gasteiger partial charge in [-0.05, 0) is 48.9 Å². The molecule has 0 saturated heterocycles. The van der Waals surface area contributed by atoms with Gasteiger partial charge < -0.3 is 14.2 Å². The zero-order chi connectivity index (χ0) is 21.8. The lowest BCUT2D eigenvalue weighted by Gasteiger charge is -2.21. The predicted octanol–water partition coefficient (Wildman–Crippen LogP) is 4.41. The molecule has 1 atom stereocenters. The first-order valence-corrected chi connectivity index (χ1v) is 9.89. The number of halogens is 3. The molecular formula is C21H23ClF2NO5+. The number of alkyl halides is 2. The van der Waals surface area contributed by atoms with Crippen molar-refractivity contribution in [1.29, 1.82) is 0 Å². The number of rotatable bonds is 9. The average molecular weight is 443 g/mol. The summed E-state index contributed by atoms with van der Waals surface area (Å²) in [7, 11) is 0. The standard InChI is InChI=1S/C21H23ClF2NO5/c1-12-9-25(27)10-17(22)16(12)8-19(29-13(2)26)15-5-6-18(30-21(23)24)20(7-15)28-11-14-3-4-14/h5-7,9-10,14,19,21,27H,3-4,8,11H2,1-2H3/q+1. The number of nitrogens with zero attached hydrogens (tertiary/aromatic N) is 1. The molecule has 0 amide bonds. The highest BCUT2D eigenvalue weighted by atomic mass is 35.5. The van der Waals surface area contributed by atoms with Crippen LogP contribution in [0.4, 0.5) is 8.78 Å². The van der Waals surface area contributed by atoms with Crippen LogP contribution in [0, 0.1) is 12.8 Å². The van der Waals surface area contributed by atoms with E-state index in [1.54, 1.807) is 19.1 Å². The molecule has 0 radical (unpaired) electrons. The van der Waals surface area contributed by atoms with E-state index in [0.29, 0.717) is 34.2 Å². The first kappa shape index (κ1) is 22.1. The lowest BCUT2D eigenvalue weighted by atomic mass is 9.98. The fourth-order valence-electron chi connectivity index (χ4n) is 3.09. The Bertz CT molecular complexity index is 897. The van der Waals surface area contributed by atoms with Crippen LogP contribution in [-0.2, 0) is 16.0 Å². The van der Waals surface area contributed by atoms with E-state index in [2.05, 4.69) is 4.74 Å². The minimum Gasteiger partial charge on any atom is -0.489 e. The molecule has 0 spiro atoms. The van der Waals surface area contributed by atoms with Crippen molar-refractivity contribution in [2.75, 3.05) is 6.61 Å². The first-order valence-electron chi connectivity index (χ1n) is 9.51. The number of pyridine rings is 1. The Balaban J connectivity index is 1.92. The molecule has 9 heteroatoms. The number of hydrogen-bond acceptors (Lipinski definition) is 5. The molecular weight excluding hydrogens is 420 g/mol. The van der Waals surface area contributed by atoms with Gasteiger partial charge in [-0.15, -0.1) is 0 Å². The molecule has 3 rings (SSSR count). The number of aromatic nitrogens is 1. The van der Waals surface area contributed by atoms with Crippen LogP contribution in [0.3, 0.4) is 0 Å². The Hall–Kier alpha value is -2.61. The normalized spacial score (nSPS) is 14.5. The SMILES string of the molecule is CC(=O)OC(Cc1c(C)c[n+](O)cc1Cl)c1ccc(OC(F)F)c(OCC2CC2)c1. The molecule has 30 heavy (non-hydrogen) atoms. The molecule has 1 aliphatic rings. The molecule has 2 aromatic rings. The molecule has 1 unspecified atom stereocenters. The molecule has 1 aliphatic carbocycles. The third-order valence-corrected chi connectivity index (χ3v) is 5.09. The highest BCUT2D eigenvalue weighted by Gasteiger charge is 2.25. The Kier molecular flexibility index (Phi) is 6.97. The summed E-state index contributed by atoms with van der Waals surface area (Å²) in [5.41, 5.74) is 1.93. The molecule has 0 aliphatic heterocycles. The average Bonchev–Trinajstić information content (AvgIpc) is 3.46. The van der Waals surface area contributed by atoms with Gasteiger partial charge in [-0.3, -0.25) is 10.0 Å². The summed E-state index contributed by atoms with van der Waals surface area (Å²) in [6.45, 7) is 0.468. The summed E-state index contributed by atoms with van der Waals surface area (Å²) in [5.74, 6) is -0.00397. The molecule has 1 heterocycles. The summed E-state index contributed by atoms with van der Waals surface area (Å²) in [4.78, 5) is 11.7. The van der Waals surface area contributed by atoms with Crippen molar-refractivity contribution >= 4 is 17.6 Å². The molecule has 162 valence electrons. The second-order valence-electron chi connectivity index (χ2n) is 7.29. The molecule has 6 nitrogen and oxygen atoms in total. The van der Waals surface area contributed by atoms with E-state index in [9.17, 15) is 18.8 Å². The van der Waals surface area contributed by atoms with Crippen LogP contribution in [0.2, 0.25) is 5.02 Å². The lowest BCUT2D eigenvalue weighted by Crippen LogP contribution is -2.30. The number of carbonyl (C=O) groups is 1. The number of esters is 1. The smallest absolute Gasteiger partial charge is 0.387 e. The molecule has 0 bridgehead atoms. The summed E-state index contributed by atoms with van der Waals surface area (Å²) in [5, 5.41) is 9.92. The fraction of sp³-hybridized carbons (Fsp3) is 0.429. The maximum atomic E-state index is 12.8. The van der Waals surface area contributed by atoms with Crippen molar-refractivity contribution in [3.05, 3.63) is 52.3 Å². The maximum Gasteiger partial charge on any atom is 0.387 e. The van der Waals surface area contributed by atoms with Crippen LogP contribution in [0.25, 0.3) is 0 Å². The van der Waals surface area contributed by atoms with Crippen LogP contribution in [0.15, 0.2) is 30.6 Å². The second-order valence-corrected chi connectivity index (χ2v) is 7.70. The van der Waals surface area contributed by atoms with Gasteiger partial charge in [-0.2, -0.15) is 8.78 Å². The van der Waals surface area contributed by atoms with E-state index < -0.39 is 18.7 Å². The largest absolute Gasteiger partial charge is 0.489 e. The number of carbonyl (C=O) groups excluding carboxylic acids is 1. The monoisotopic (exact) mass is 442 g/mol. The van der Waals surface area contributed by atoms with Gasteiger partial charge in [0.15, 0.2) is 11.5 Å². The van der Waals surface area contributed by atoms with Gasteiger partial charge in [0.2, 0.25) is 12.4 Å². The van der Waals surface area contributed by atoms with E-state index in [1.165, 1.54) is 25.4 Å². The van der Waals surface area contributed by atoms with Crippen LogP contribution >= 0.6 is 11.6 Å². The zero-order valence-electron chi connectivity index (χ0n) is 16.6. The minimum absolute atomic E-state index is 0.0776. The molecule has 1 aromatic carbocycles. The highest BCUT2D eigenvalue weighted by Crippen LogP contribution is 2.37. The summed E-state index contributed by atoms with van der Waals surface area (Å²) in [6, 6.07) is 4.47. The Morgan fingerprint density at radius 2 is 2.03 bits per heavy atom. The molecule has 1 fully saturated rings. The number of hydrogen-bond donors (Lipinski definition) is 1. The minimum atomic E-state index is -2.99.